The zero-order valence-electron chi connectivity index (χ0n) is 12.9. The number of aromatic nitrogens is 4. The molecule has 1 atom stereocenters. The van der Waals surface area contributed by atoms with E-state index in [2.05, 4.69) is 26.9 Å². The number of aryl methyl sites for hydroxylation is 1. The van der Waals surface area contributed by atoms with Crippen molar-refractivity contribution in [3.05, 3.63) is 59.9 Å². The molecule has 7 heteroatoms. The van der Waals surface area contributed by atoms with Crippen molar-refractivity contribution >= 4 is 16.5 Å². The smallest absolute Gasteiger partial charge is 0.143 e. The van der Waals surface area contributed by atoms with Crippen LogP contribution >= 0.6 is 0 Å². The van der Waals surface area contributed by atoms with E-state index < -0.39 is 10.8 Å². The maximum atomic E-state index is 11.4. The number of benzene rings is 2. The summed E-state index contributed by atoms with van der Waals surface area (Å²) in [6.07, 6.45) is 3.26. The molecule has 23 heavy (non-hydrogen) atoms. The van der Waals surface area contributed by atoms with E-state index in [4.69, 9.17) is 0 Å². The van der Waals surface area contributed by atoms with E-state index >= 15 is 0 Å². The second-order valence-corrected chi connectivity index (χ2v) is 6.59. The number of nitrogens with zero attached hydrogens (tertiary/aromatic N) is 4. The molecule has 0 unspecified atom stereocenters. The monoisotopic (exact) mass is 327 g/mol. The minimum atomic E-state index is -0.937. The molecule has 1 aromatic heterocycles. The molecule has 3 aromatic rings. The van der Waals surface area contributed by atoms with Gasteiger partial charge in [0, 0.05) is 34.2 Å². The zero-order valence-corrected chi connectivity index (χ0v) is 13.7. The Balaban J connectivity index is 1.69. The van der Waals surface area contributed by atoms with Gasteiger partial charge in [0.15, 0.2) is 0 Å². The summed E-state index contributed by atoms with van der Waals surface area (Å²) in [5, 5.41) is 14.6. The van der Waals surface area contributed by atoms with Gasteiger partial charge in [0.25, 0.3) is 0 Å². The first kappa shape index (κ1) is 15.4. The fourth-order valence-corrected chi connectivity index (χ4v) is 2.82. The van der Waals surface area contributed by atoms with Crippen molar-refractivity contribution in [2.75, 3.05) is 11.6 Å². The van der Waals surface area contributed by atoms with Gasteiger partial charge >= 0.3 is 0 Å². The third-order valence-corrected chi connectivity index (χ3v) is 4.48. The molecule has 1 N–H and O–H groups in total. The minimum absolute atomic E-state index is 0.709. The maximum absolute atomic E-state index is 11.4. The summed E-state index contributed by atoms with van der Waals surface area (Å²) < 4.78 is 13.0. The molecule has 0 bridgehead atoms. The van der Waals surface area contributed by atoms with Crippen LogP contribution in [0.25, 0.3) is 5.69 Å². The van der Waals surface area contributed by atoms with Crippen LogP contribution in [-0.2, 0) is 17.3 Å². The Hall–Kier alpha value is -2.54. The number of hydrogen-bond donors (Lipinski definition) is 1. The van der Waals surface area contributed by atoms with E-state index in [-0.39, 0.29) is 0 Å². The molecular formula is C16H17N5OS. The maximum Gasteiger partial charge on any atom is 0.143 e. The second kappa shape index (κ2) is 6.70. The van der Waals surface area contributed by atoms with Crippen LogP contribution < -0.4 is 5.32 Å². The largest absolute Gasteiger partial charge is 0.381 e. The lowest BCUT2D eigenvalue weighted by Gasteiger charge is -2.10. The van der Waals surface area contributed by atoms with E-state index in [9.17, 15) is 4.21 Å². The van der Waals surface area contributed by atoms with Crippen molar-refractivity contribution in [3.63, 3.8) is 0 Å². The van der Waals surface area contributed by atoms with Crippen LogP contribution in [0.15, 0.2) is 53.7 Å². The summed E-state index contributed by atoms with van der Waals surface area (Å²) >= 11 is 0. The van der Waals surface area contributed by atoms with E-state index in [0.29, 0.717) is 6.54 Å². The average molecular weight is 327 g/mol. The predicted octanol–water partition coefficient (Wildman–Crippen LogP) is 2.32. The first-order chi connectivity index (χ1) is 11.1. The van der Waals surface area contributed by atoms with Crippen molar-refractivity contribution in [2.45, 2.75) is 18.4 Å². The van der Waals surface area contributed by atoms with Crippen LogP contribution in [0.5, 0.6) is 0 Å². The summed E-state index contributed by atoms with van der Waals surface area (Å²) in [6, 6.07) is 13.8. The highest BCUT2D eigenvalue weighted by atomic mass is 32.2. The van der Waals surface area contributed by atoms with Gasteiger partial charge in [-0.1, -0.05) is 12.1 Å². The molecule has 0 aliphatic carbocycles. The van der Waals surface area contributed by atoms with Crippen LogP contribution in [-0.4, -0.2) is 30.7 Å². The van der Waals surface area contributed by atoms with Gasteiger partial charge in [-0.05, 0) is 58.8 Å². The normalized spacial score (nSPS) is 12.1. The van der Waals surface area contributed by atoms with Gasteiger partial charge in [0.2, 0.25) is 0 Å². The number of anilines is 1. The standard InChI is InChI=1S/C16H17N5OS/c1-12-9-14(5-8-16(12)21-11-18-19-20-21)17-10-13-3-6-15(7-4-13)23(2)22/h3-9,11,17H,10H2,1-2H3/t23-/m1/s1. The topological polar surface area (TPSA) is 72.7 Å². The molecule has 0 fully saturated rings. The summed E-state index contributed by atoms with van der Waals surface area (Å²) in [5.74, 6) is 0. The number of nitrogens with one attached hydrogen (secondary N) is 1. The molecule has 1 heterocycles. The lowest BCUT2D eigenvalue weighted by molar-refractivity contribution is 0.687. The van der Waals surface area contributed by atoms with E-state index in [1.165, 1.54) is 0 Å². The van der Waals surface area contributed by atoms with Gasteiger partial charge in [0.1, 0.15) is 6.33 Å². The van der Waals surface area contributed by atoms with Crippen LogP contribution in [0.4, 0.5) is 5.69 Å². The van der Waals surface area contributed by atoms with Gasteiger partial charge < -0.3 is 5.32 Å². The van der Waals surface area contributed by atoms with Gasteiger partial charge in [-0.3, -0.25) is 4.21 Å². The molecule has 0 aliphatic heterocycles. The van der Waals surface area contributed by atoms with Crippen LogP contribution in [0.2, 0.25) is 0 Å². The minimum Gasteiger partial charge on any atom is -0.381 e. The molecule has 2 aromatic carbocycles. The van der Waals surface area contributed by atoms with E-state index in [0.717, 1.165) is 27.4 Å². The fourth-order valence-electron chi connectivity index (χ4n) is 2.30. The highest BCUT2D eigenvalue weighted by Crippen LogP contribution is 2.18. The van der Waals surface area contributed by atoms with Crippen molar-refractivity contribution in [2.24, 2.45) is 0 Å². The molecule has 0 saturated heterocycles. The number of hydrogen-bond acceptors (Lipinski definition) is 5. The van der Waals surface area contributed by atoms with Crippen molar-refractivity contribution < 1.29 is 4.21 Å². The lowest BCUT2D eigenvalue weighted by Crippen LogP contribution is -2.02. The average Bonchev–Trinajstić information content (AvgIpc) is 3.07. The summed E-state index contributed by atoms with van der Waals surface area (Å²) in [5.41, 5.74) is 4.21. The van der Waals surface area contributed by atoms with Crippen molar-refractivity contribution in [1.82, 2.24) is 20.2 Å². The van der Waals surface area contributed by atoms with Crippen molar-refractivity contribution in [3.8, 4) is 5.69 Å². The molecule has 0 saturated carbocycles. The highest BCUT2D eigenvalue weighted by Gasteiger charge is 2.04. The Morgan fingerprint density at radius 3 is 2.57 bits per heavy atom. The molecule has 0 radical (unpaired) electrons. The molecular weight excluding hydrogens is 310 g/mol. The molecule has 6 nitrogen and oxygen atoms in total. The zero-order chi connectivity index (χ0) is 16.2. The highest BCUT2D eigenvalue weighted by molar-refractivity contribution is 7.84. The first-order valence-corrected chi connectivity index (χ1v) is 8.69. The van der Waals surface area contributed by atoms with Gasteiger partial charge in [0.05, 0.1) is 5.69 Å². The summed E-state index contributed by atoms with van der Waals surface area (Å²) in [4.78, 5) is 0.843. The fraction of sp³-hybridized carbons (Fsp3) is 0.188. The van der Waals surface area contributed by atoms with Crippen LogP contribution in [0, 0.1) is 6.92 Å². The van der Waals surface area contributed by atoms with Crippen molar-refractivity contribution in [1.29, 1.82) is 0 Å². The predicted molar refractivity (Wildman–Crippen MR) is 90.0 cm³/mol. The molecule has 118 valence electrons. The third-order valence-electron chi connectivity index (χ3n) is 3.54. The summed E-state index contributed by atoms with van der Waals surface area (Å²) in [7, 11) is -0.937. The van der Waals surface area contributed by atoms with E-state index in [1.54, 1.807) is 17.3 Å². The molecule has 0 aliphatic rings. The third kappa shape index (κ3) is 3.62. The first-order valence-electron chi connectivity index (χ1n) is 7.14. The Morgan fingerprint density at radius 1 is 1.17 bits per heavy atom. The Bertz CT molecular complexity index is 815. The molecule has 0 amide bonds. The van der Waals surface area contributed by atoms with E-state index in [1.807, 2.05) is 43.3 Å². The molecule has 3 rings (SSSR count). The Labute approximate surface area is 137 Å². The summed E-state index contributed by atoms with van der Waals surface area (Å²) in [6.45, 7) is 2.73. The lowest BCUT2D eigenvalue weighted by atomic mass is 10.1. The van der Waals surface area contributed by atoms with Gasteiger partial charge in [-0.2, -0.15) is 0 Å². The molecule has 0 spiro atoms. The second-order valence-electron chi connectivity index (χ2n) is 5.21. The number of tetrazole rings is 1. The Kier molecular flexibility index (Phi) is 4.47. The number of rotatable bonds is 5. The quantitative estimate of drug-likeness (QED) is 0.778. The van der Waals surface area contributed by atoms with Crippen LogP contribution in [0.3, 0.4) is 0 Å². The Morgan fingerprint density at radius 2 is 1.96 bits per heavy atom. The van der Waals surface area contributed by atoms with Gasteiger partial charge in [-0.15, -0.1) is 5.10 Å². The van der Waals surface area contributed by atoms with Crippen LogP contribution in [0.1, 0.15) is 11.1 Å². The van der Waals surface area contributed by atoms with Gasteiger partial charge in [-0.25, -0.2) is 4.68 Å². The SMILES string of the molecule is Cc1cc(NCc2ccc([S@@](C)=O)cc2)ccc1-n1cnnn1.